The molecule has 0 spiro atoms. The fraction of sp³-hybridized carbons (Fsp3) is 0.364. The number of rotatable bonds is 3. The van der Waals surface area contributed by atoms with Gasteiger partial charge in [0.05, 0.1) is 5.02 Å². The standard InChI is InChI=1S/C11H12ClNO3/c1-2-3-13-11(14)7-4-8(12)10-9(5-7)15-6-16-10/h4-5H,2-3,6H2,1H3,(H,13,14). The van der Waals surface area contributed by atoms with E-state index in [-0.39, 0.29) is 12.7 Å². The van der Waals surface area contributed by atoms with Crippen molar-refractivity contribution in [2.45, 2.75) is 13.3 Å². The number of ether oxygens (including phenoxy) is 2. The van der Waals surface area contributed by atoms with Crippen molar-refractivity contribution in [2.75, 3.05) is 13.3 Å². The molecular formula is C11H12ClNO3. The first kappa shape index (κ1) is 11.1. The summed E-state index contributed by atoms with van der Waals surface area (Å²) in [5.74, 6) is 0.880. The first-order chi connectivity index (χ1) is 7.72. The molecule has 0 unspecified atom stereocenters. The summed E-state index contributed by atoms with van der Waals surface area (Å²) in [6.45, 7) is 2.78. The lowest BCUT2D eigenvalue weighted by molar-refractivity contribution is 0.0953. The Morgan fingerprint density at radius 2 is 2.31 bits per heavy atom. The van der Waals surface area contributed by atoms with E-state index in [0.29, 0.717) is 28.6 Å². The van der Waals surface area contributed by atoms with Crippen LogP contribution in [0.5, 0.6) is 11.5 Å². The summed E-state index contributed by atoms with van der Waals surface area (Å²) in [6, 6.07) is 3.22. The smallest absolute Gasteiger partial charge is 0.251 e. The van der Waals surface area contributed by atoms with Crippen molar-refractivity contribution >= 4 is 17.5 Å². The Hall–Kier alpha value is -1.42. The summed E-state index contributed by atoms with van der Waals surface area (Å²) in [5.41, 5.74) is 0.489. The Morgan fingerprint density at radius 3 is 3.06 bits per heavy atom. The molecule has 0 saturated heterocycles. The van der Waals surface area contributed by atoms with Crippen molar-refractivity contribution < 1.29 is 14.3 Å². The molecule has 0 bridgehead atoms. The minimum absolute atomic E-state index is 0.148. The summed E-state index contributed by atoms with van der Waals surface area (Å²) in [4.78, 5) is 11.7. The molecule has 0 fully saturated rings. The van der Waals surface area contributed by atoms with Gasteiger partial charge in [-0.05, 0) is 18.6 Å². The van der Waals surface area contributed by atoms with Crippen LogP contribution in [0.3, 0.4) is 0 Å². The minimum atomic E-state index is -0.151. The third-order valence-electron chi connectivity index (χ3n) is 2.22. The number of carbonyl (C=O) groups excluding carboxylic acids is 1. The van der Waals surface area contributed by atoms with Crippen LogP contribution in [0.25, 0.3) is 0 Å². The Morgan fingerprint density at radius 1 is 1.50 bits per heavy atom. The molecule has 16 heavy (non-hydrogen) atoms. The van der Waals surface area contributed by atoms with Gasteiger partial charge in [0.2, 0.25) is 6.79 Å². The van der Waals surface area contributed by atoms with Crippen LogP contribution in [0.15, 0.2) is 12.1 Å². The van der Waals surface area contributed by atoms with Crippen LogP contribution in [0.2, 0.25) is 5.02 Å². The highest BCUT2D eigenvalue weighted by atomic mass is 35.5. The number of fused-ring (bicyclic) bond motifs is 1. The molecule has 1 N–H and O–H groups in total. The van der Waals surface area contributed by atoms with Gasteiger partial charge in [0, 0.05) is 12.1 Å². The average molecular weight is 242 g/mol. The van der Waals surface area contributed by atoms with Gasteiger partial charge in [-0.3, -0.25) is 4.79 Å². The van der Waals surface area contributed by atoms with Gasteiger partial charge in [-0.15, -0.1) is 0 Å². The van der Waals surface area contributed by atoms with Gasteiger partial charge in [-0.2, -0.15) is 0 Å². The maximum Gasteiger partial charge on any atom is 0.251 e. The molecule has 1 amide bonds. The van der Waals surface area contributed by atoms with E-state index in [9.17, 15) is 4.79 Å². The number of amides is 1. The maximum absolute atomic E-state index is 11.7. The summed E-state index contributed by atoms with van der Waals surface area (Å²) in [7, 11) is 0. The van der Waals surface area contributed by atoms with Crippen LogP contribution in [0.4, 0.5) is 0 Å². The van der Waals surface area contributed by atoms with Gasteiger partial charge in [0.1, 0.15) is 0 Å². The molecular weight excluding hydrogens is 230 g/mol. The van der Waals surface area contributed by atoms with Crippen LogP contribution in [0.1, 0.15) is 23.7 Å². The van der Waals surface area contributed by atoms with Crippen molar-refractivity contribution in [1.82, 2.24) is 5.32 Å². The molecule has 0 aliphatic carbocycles. The largest absolute Gasteiger partial charge is 0.454 e. The van der Waals surface area contributed by atoms with Crippen molar-refractivity contribution in [3.05, 3.63) is 22.7 Å². The minimum Gasteiger partial charge on any atom is -0.454 e. The van der Waals surface area contributed by atoms with Crippen molar-refractivity contribution in [3.8, 4) is 11.5 Å². The molecule has 1 aliphatic heterocycles. The molecule has 0 aromatic heterocycles. The van der Waals surface area contributed by atoms with Gasteiger partial charge in [-0.25, -0.2) is 0 Å². The summed E-state index contributed by atoms with van der Waals surface area (Å²) >= 11 is 5.97. The van der Waals surface area contributed by atoms with E-state index in [2.05, 4.69) is 5.32 Å². The number of carbonyl (C=O) groups is 1. The Balaban J connectivity index is 2.23. The van der Waals surface area contributed by atoms with Crippen molar-refractivity contribution in [3.63, 3.8) is 0 Å². The predicted octanol–water partition coefficient (Wildman–Crippen LogP) is 2.21. The average Bonchev–Trinajstić information content (AvgIpc) is 2.74. The maximum atomic E-state index is 11.7. The molecule has 5 heteroatoms. The van der Waals surface area contributed by atoms with Crippen LogP contribution in [-0.2, 0) is 0 Å². The van der Waals surface area contributed by atoms with Gasteiger partial charge >= 0.3 is 0 Å². The predicted molar refractivity (Wildman–Crippen MR) is 60.2 cm³/mol. The van der Waals surface area contributed by atoms with E-state index in [1.165, 1.54) is 0 Å². The lowest BCUT2D eigenvalue weighted by atomic mass is 10.2. The second kappa shape index (κ2) is 4.61. The topological polar surface area (TPSA) is 47.6 Å². The fourth-order valence-electron chi connectivity index (χ4n) is 1.44. The third kappa shape index (κ3) is 2.07. The van der Waals surface area contributed by atoms with Crippen LogP contribution in [0, 0.1) is 0 Å². The number of hydrogen-bond donors (Lipinski definition) is 1. The molecule has 86 valence electrons. The highest BCUT2D eigenvalue weighted by Crippen LogP contribution is 2.39. The zero-order valence-electron chi connectivity index (χ0n) is 8.88. The monoisotopic (exact) mass is 241 g/mol. The molecule has 0 atom stereocenters. The molecule has 1 heterocycles. The van der Waals surface area contributed by atoms with Gasteiger partial charge in [0.15, 0.2) is 11.5 Å². The fourth-order valence-corrected chi connectivity index (χ4v) is 1.70. The molecule has 4 nitrogen and oxygen atoms in total. The summed E-state index contributed by atoms with van der Waals surface area (Å²) in [6.07, 6.45) is 0.893. The first-order valence-electron chi connectivity index (χ1n) is 5.09. The molecule has 0 saturated carbocycles. The van der Waals surface area contributed by atoms with Gasteiger partial charge < -0.3 is 14.8 Å². The number of halogens is 1. The van der Waals surface area contributed by atoms with E-state index in [1.54, 1.807) is 12.1 Å². The molecule has 1 aromatic rings. The van der Waals surface area contributed by atoms with Crippen LogP contribution >= 0.6 is 11.6 Å². The zero-order chi connectivity index (χ0) is 11.5. The number of nitrogens with one attached hydrogen (secondary N) is 1. The molecule has 0 radical (unpaired) electrons. The van der Waals surface area contributed by atoms with Crippen molar-refractivity contribution in [2.24, 2.45) is 0 Å². The molecule has 1 aromatic carbocycles. The molecule has 1 aliphatic rings. The Bertz CT molecular complexity index is 420. The van der Waals surface area contributed by atoms with Gasteiger partial charge in [-0.1, -0.05) is 18.5 Å². The quantitative estimate of drug-likeness (QED) is 0.883. The van der Waals surface area contributed by atoms with E-state index < -0.39 is 0 Å². The lowest BCUT2D eigenvalue weighted by Gasteiger charge is -2.05. The highest BCUT2D eigenvalue weighted by Gasteiger charge is 2.20. The van der Waals surface area contributed by atoms with E-state index >= 15 is 0 Å². The Labute approximate surface area is 98.5 Å². The summed E-state index contributed by atoms with van der Waals surface area (Å²) in [5, 5.41) is 3.17. The van der Waals surface area contributed by atoms with Gasteiger partial charge in [0.25, 0.3) is 5.91 Å². The Kier molecular flexibility index (Phi) is 3.19. The van der Waals surface area contributed by atoms with E-state index in [4.69, 9.17) is 21.1 Å². The van der Waals surface area contributed by atoms with Crippen LogP contribution < -0.4 is 14.8 Å². The second-order valence-electron chi connectivity index (χ2n) is 3.45. The molecule has 2 rings (SSSR count). The SMILES string of the molecule is CCCNC(=O)c1cc(Cl)c2c(c1)OCO2. The normalized spacial score (nSPS) is 12.6. The van der Waals surface area contributed by atoms with Crippen LogP contribution in [-0.4, -0.2) is 19.2 Å². The summed E-state index contributed by atoms with van der Waals surface area (Å²) < 4.78 is 10.3. The van der Waals surface area contributed by atoms with E-state index in [0.717, 1.165) is 6.42 Å². The number of hydrogen-bond acceptors (Lipinski definition) is 3. The third-order valence-corrected chi connectivity index (χ3v) is 2.51. The highest BCUT2D eigenvalue weighted by molar-refractivity contribution is 6.32. The second-order valence-corrected chi connectivity index (χ2v) is 3.85. The zero-order valence-corrected chi connectivity index (χ0v) is 9.63. The van der Waals surface area contributed by atoms with Crippen molar-refractivity contribution in [1.29, 1.82) is 0 Å². The van der Waals surface area contributed by atoms with E-state index in [1.807, 2.05) is 6.92 Å². The first-order valence-corrected chi connectivity index (χ1v) is 5.47. The number of benzene rings is 1. The lowest BCUT2D eigenvalue weighted by Crippen LogP contribution is -2.23.